The van der Waals surface area contributed by atoms with Gasteiger partial charge in [0.2, 0.25) is 0 Å². The van der Waals surface area contributed by atoms with Crippen LogP contribution in [0.2, 0.25) is 0 Å². The summed E-state index contributed by atoms with van der Waals surface area (Å²) < 4.78 is 11.5. The fourth-order valence-corrected chi connectivity index (χ4v) is 4.19. The molecule has 0 radical (unpaired) electrons. The molecule has 0 aliphatic carbocycles. The summed E-state index contributed by atoms with van der Waals surface area (Å²) in [5, 5.41) is 1.19. The molecule has 30 heavy (non-hydrogen) atoms. The van der Waals surface area contributed by atoms with Crippen LogP contribution in [0.3, 0.4) is 0 Å². The van der Waals surface area contributed by atoms with Gasteiger partial charge in [-0.15, -0.1) is 0 Å². The lowest BCUT2D eigenvalue weighted by molar-refractivity contribution is -0.00211. The molecule has 1 aliphatic heterocycles. The van der Waals surface area contributed by atoms with Crippen molar-refractivity contribution < 1.29 is 13.9 Å². The zero-order valence-corrected chi connectivity index (χ0v) is 18.0. The number of ether oxygens (including phenoxy) is 1. The van der Waals surface area contributed by atoms with E-state index in [9.17, 15) is 4.79 Å². The molecule has 6 nitrogen and oxygen atoms in total. The van der Waals surface area contributed by atoms with Gasteiger partial charge in [0.05, 0.1) is 18.3 Å². The Hall–Kier alpha value is -3.02. The molecule has 0 saturated heterocycles. The Morgan fingerprint density at radius 3 is 2.83 bits per heavy atom. The lowest BCUT2D eigenvalue weighted by atomic mass is 9.89. The number of benzene rings is 1. The molecule has 158 valence electrons. The molecule has 1 N–H and O–H groups in total. The Morgan fingerprint density at radius 1 is 1.33 bits per heavy atom. The second-order valence-corrected chi connectivity index (χ2v) is 8.71. The average Bonchev–Trinajstić information content (AvgIpc) is 3.34. The van der Waals surface area contributed by atoms with Gasteiger partial charge in [-0.05, 0) is 45.2 Å². The second kappa shape index (κ2) is 8.01. The number of aromatic amines is 1. The van der Waals surface area contributed by atoms with Crippen LogP contribution < -0.4 is 0 Å². The summed E-state index contributed by atoms with van der Waals surface area (Å²) in [6.07, 6.45) is 9.32. The van der Waals surface area contributed by atoms with E-state index in [2.05, 4.69) is 41.2 Å². The van der Waals surface area contributed by atoms with E-state index in [1.54, 1.807) is 6.20 Å². The van der Waals surface area contributed by atoms with Crippen molar-refractivity contribution in [2.75, 3.05) is 0 Å². The zero-order chi connectivity index (χ0) is 21.3. The predicted molar refractivity (Wildman–Crippen MR) is 116 cm³/mol. The number of H-pyrrole nitrogens is 1. The highest BCUT2D eigenvalue weighted by molar-refractivity contribution is 5.86. The van der Waals surface area contributed by atoms with Gasteiger partial charge in [-0.25, -0.2) is 9.78 Å². The average molecular weight is 408 g/mol. The van der Waals surface area contributed by atoms with Gasteiger partial charge < -0.3 is 14.1 Å². The molecule has 2 atom stereocenters. The molecule has 4 rings (SSSR count). The van der Waals surface area contributed by atoms with Crippen LogP contribution in [0, 0.1) is 0 Å². The second-order valence-electron chi connectivity index (χ2n) is 8.71. The third kappa shape index (κ3) is 3.86. The third-order valence-electron chi connectivity index (χ3n) is 5.39. The summed E-state index contributed by atoms with van der Waals surface area (Å²) in [4.78, 5) is 22.9. The molecule has 3 aromatic rings. The first kappa shape index (κ1) is 20.3. The number of allylic oxidation sites excluding steroid dienone is 1. The number of amides is 1. The van der Waals surface area contributed by atoms with E-state index in [-0.39, 0.29) is 18.2 Å². The first-order chi connectivity index (χ1) is 14.4. The van der Waals surface area contributed by atoms with Crippen LogP contribution in [-0.4, -0.2) is 26.6 Å². The van der Waals surface area contributed by atoms with Gasteiger partial charge in [0.15, 0.2) is 6.39 Å². The van der Waals surface area contributed by atoms with E-state index in [4.69, 9.17) is 9.15 Å². The standard InChI is InChI=1S/C24H29N3O3/c1-5-6-7-12-19-22-17(16-10-8-9-11-18(16)26-22)13-20(21-14-25-15-29-21)27(19)23(28)30-24(2,3)4/h6-11,14-15,19-20,26H,5,12-13H2,1-4H3/b7-6-/t19-,20-/m0/s1. The SMILES string of the molecule is CC/C=C\C[C@H]1c2[nH]c3ccccc3c2C[C@@H](c2cnco2)N1C(=O)OC(C)(C)C. The van der Waals surface area contributed by atoms with E-state index in [1.165, 1.54) is 17.3 Å². The minimum Gasteiger partial charge on any atom is -0.446 e. The smallest absolute Gasteiger partial charge is 0.411 e. The van der Waals surface area contributed by atoms with E-state index >= 15 is 0 Å². The van der Waals surface area contributed by atoms with Crippen LogP contribution >= 0.6 is 0 Å². The molecule has 1 amide bonds. The lowest BCUT2D eigenvalue weighted by Gasteiger charge is -2.41. The molecule has 3 heterocycles. The Balaban J connectivity index is 1.85. The summed E-state index contributed by atoms with van der Waals surface area (Å²) in [6, 6.07) is 7.81. The Labute approximate surface area is 176 Å². The van der Waals surface area contributed by atoms with Crippen molar-refractivity contribution in [1.82, 2.24) is 14.9 Å². The maximum atomic E-state index is 13.4. The summed E-state index contributed by atoms with van der Waals surface area (Å²) in [7, 11) is 0. The molecule has 1 aliphatic rings. The molecule has 0 bridgehead atoms. The van der Waals surface area contributed by atoms with Crippen molar-refractivity contribution in [3.8, 4) is 0 Å². The van der Waals surface area contributed by atoms with Crippen LogP contribution in [0.25, 0.3) is 10.9 Å². The number of hydrogen-bond acceptors (Lipinski definition) is 4. The van der Waals surface area contributed by atoms with Gasteiger partial charge >= 0.3 is 6.09 Å². The molecular formula is C24H29N3O3. The van der Waals surface area contributed by atoms with Crippen LogP contribution in [0.15, 0.2) is 53.4 Å². The van der Waals surface area contributed by atoms with Gasteiger partial charge in [-0.1, -0.05) is 37.3 Å². The van der Waals surface area contributed by atoms with E-state index in [1.807, 2.05) is 37.8 Å². The topological polar surface area (TPSA) is 71.4 Å². The number of rotatable bonds is 4. The molecular weight excluding hydrogens is 378 g/mol. The number of nitrogens with zero attached hydrogens (tertiary/aromatic N) is 2. The number of fused-ring (bicyclic) bond motifs is 3. The number of oxazole rings is 1. The minimum atomic E-state index is -0.590. The lowest BCUT2D eigenvalue weighted by Crippen LogP contribution is -2.44. The normalized spacial score (nSPS) is 19.4. The minimum absolute atomic E-state index is 0.186. The van der Waals surface area contributed by atoms with Gasteiger partial charge in [0.1, 0.15) is 11.4 Å². The summed E-state index contributed by atoms with van der Waals surface area (Å²) >= 11 is 0. The molecule has 0 unspecified atom stereocenters. The molecule has 6 heteroatoms. The fourth-order valence-electron chi connectivity index (χ4n) is 4.19. The van der Waals surface area contributed by atoms with Crippen LogP contribution in [0.4, 0.5) is 4.79 Å². The van der Waals surface area contributed by atoms with Crippen LogP contribution in [-0.2, 0) is 11.2 Å². The van der Waals surface area contributed by atoms with E-state index in [0.29, 0.717) is 18.6 Å². The molecule has 0 fully saturated rings. The zero-order valence-electron chi connectivity index (χ0n) is 18.0. The van der Waals surface area contributed by atoms with E-state index in [0.717, 1.165) is 17.6 Å². The number of carbonyl (C=O) groups excluding carboxylic acids is 1. The number of para-hydroxylation sites is 1. The van der Waals surface area contributed by atoms with Crippen molar-refractivity contribution in [2.45, 2.75) is 64.6 Å². The predicted octanol–water partition coefficient (Wildman–Crippen LogP) is 6.09. The summed E-state index contributed by atoms with van der Waals surface area (Å²) in [5.74, 6) is 0.668. The maximum Gasteiger partial charge on any atom is 0.411 e. The van der Waals surface area contributed by atoms with Gasteiger partial charge in [0.25, 0.3) is 0 Å². The summed E-state index contributed by atoms with van der Waals surface area (Å²) in [5.41, 5.74) is 2.78. The van der Waals surface area contributed by atoms with Crippen molar-refractivity contribution in [3.05, 3.63) is 66.0 Å². The molecule has 0 spiro atoms. The first-order valence-electron chi connectivity index (χ1n) is 10.5. The summed E-state index contributed by atoms with van der Waals surface area (Å²) in [6.45, 7) is 7.77. The number of aromatic nitrogens is 2. The highest BCUT2D eigenvalue weighted by Crippen LogP contribution is 2.45. The monoisotopic (exact) mass is 407 g/mol. The van der Waals surface area contributed by atoms with Crippen LogP contribution in [0.1, 0.15) is 69.6 Å². The number of nitrogens with one attached hydrogen (secondary N) is 1. The quantitative estimate of drug-likeness (QED) is 0.531. The third-order valence-corrected chi connectivity index (χ3v) is 5.39. The van der Waals surface area contributed by atoms with E-state index < -0.39 is 5.60 Å². The first-order valence-corrected chi connectivity index (χ1v) is 10.5. The van der Waals surface area contributed by atoms with Gasteiger partial charge in [-0.2, -0.15) is 0 Å². The van der Waals surface area contributed by atoms with Crippen molar-refractivity contribution in [1.29, 1.82) is 0 Å². The number of carbonyl (C=O) groups is 1. The van der Waals surface area contributed by atoms with Crippen molar-refractivity contribution >= 4 is 17.0 Å². The highest BCUT2D eigenvalue weighted by atomic mass is 16.6. The Bertz CT molecular complexity index is 1040. The van der Waals surface area contributed by atoms with Crippen LogP contribution in [0.5, 0.6) is 0 Å². The largest absolute Gasteiger partial charge is 0.446 e. The van der Waals surface area contributed by atoms with Gasteiger partial charge in [-0.3, -0.25) is 4.90 Å². The molecule has 2 aromatic heterocycles. The fraction of sp³-hybridized carbons (Fsp3) is 0.417. The Morgan fingerprint density at radius 2 is 2.13 bits per heavy atom. The highest BCUT2D eigenvalue weighted by Gasteiger charge is 2.42. The van der Waals surface area contributed by atoms with Gasteiger partial charge in [0, 0.05) is 23.0 Å². The Kier molecular flexibility index (Phi) is 5.41. The molecule has 0 saturated carbocycles. The van der Waals surface area contributed by atoms with Crippen molar-refractivity contribution in [2.24, 2.45) is 0 Å². The number of hydrogen-bond donors (Lipinski definition) is 1. The van der Waals surface area contributed by atoms with Crippen molar-refractivity contribution in [3.63, 3.8) is 0 Å². The molecule has 1 aromatic carbocycles. The maximum absolute atomic E-state index is 13.4.